The van der Waals surface area contributed by atoms with Gasteiger partial charge in [-0.25, -0.2) is 0 Å². The van der Waals surface area contributed by atoms with E-state index in [1.165, 1.54) is 0 Å². The van der Waals surface area contributed by atoms with Crippen LogP contribution in [-0.4, -0.2) is 25.1 Å². The smallest absolute Gasteiger partial charge is 0.251 e. The standard InChI is InChI=1S/C14H19BrN2O2.ClH/c1-19-12-5-4-10(8-11(12)15)13(18)17-14(9-16)6-2-3-7-14;/h4-5,8H,2-3,6-7,9,16H2,1H3,(H,17,18);1H. The van der Waals surface area contributed by atoms with Gasteiger partial charge in [-0.2, -0.15) is 0 Å². The van der Waals surface area contributed by atoms with Gasteiger partial charge in [0, 0.05) is 12.1 Å². The normalized spacial score (nSPS) is 16.4. The largest absolute Gasteiger partial charge is 0.496 e. The first-order chi connectivity index (χ1) is 9.10. The van der Waals surface area contributed by atoms with Crippen LogP contribution in [0.1, 0.15) is 36.0 Å². The van der Waals surface area contributed by atoms with Gasteiger partial charge in [0.05, 0.1) is 17.1 Å². The molecule has 1 aromatic carbocycles. The molecule has 4 nitrogen and oxygen atoms in total. The number of hydrogen-bond donors (Lipinski definition) is 2. The van der Waals surface area contributed by atoms with Crippen LogP contribution in [0, 0.1) is 0 Å². The topological polar surface area (TPSA) is 64.3 Å². The van der Waals surface area contributed by atoms with Crippen LogP contribution >= 0.6 is 28.3 Å². The Labute approximate surface area is 134 Å². The van der Waals surface area contributed by atoms with Crippen molar-refractivity contribution < 1.29 is 9.53 Å². The van der Waals surface area contributed by atoms with E-state index in [2.05, 4.69) is 21.2 Å². The molecule has 112 valence electrons. The van der Waals surface area contributed by atoms with Crippen molar-refractivity contribution in [1.29, 1.82) is 0 Å². The number of nitrogens with one attached hydrogen (secondary N) is 1. The van der Waals surface area contributed by atoms with Crippen molar-refractivity contribution in [2.24, 2.45) is 5.73 Å². The number of halogens is 2. The fourth-order valence-corrected chi connectivity index (χ4v) is 3.09. The minimum Gasteiger partial charge on any atom is -0.496 e. The summed E-state index contributed by atoms with van der Waals surface area (Å²) in [5.41, 5.74) is 6.23. The highest BCUT2D eigenvalue weighted by Gasteiger charge is 2.34. The summed E-state index contributed by atoms with van der Waals surface area (Å²) in [5, 5.41) is 3.10. The summed E-state index contributed by atoms with van der Waals surface area (Å²) in [6.07, 6.45) is 4.19. The van der Waals surface area contributed by atoms with Gasteiger partial charge in [-0.3, -0.25) is 4.79 Å². The molecule has 1 amide bonds. The first-order valence-electron chi connectivity index (χ1n) is 6.46. The first-order valence-corrected chi connectivity index (χ1v) is 7.26. The Morgan fingerprint density at radius 3 is 2.60 bits per heavy atom. The number of ether oxygens (including phenoxy) is 1. The second-order valence-corrected chi connectivity index (χ2v) is 5.85. The average Bonchev–Trinajstić information content (AvgIpc) is 2.87. The van der Waals surface area contributed by atoms with Gasteiger partial charge >= 0.3 is 0 Å². The second kappa shape index (κ2) is 7.29. The third-order valence-electron chi connectivity index (χ3n) is 3.74. The molecule has 0 heterocycles. The molecule has 0 radical (unpaired) electrons. The number of benzene rings is 1. The lowest BCUT2D eigenvalue weighted by atomic mass is 9.97. The Bertz CT molecular complexity index is 476. The van der Waals surface area contributed by atoms with E-state index >= 15 is 0 Å². The zero-order valence-electron chi connectivity index (χ0n) is 11.4. The lowest BCUT2D eigenvalue weighted by Crippen LogP contribution is -2.51. The van der Waals surface area contributed by atoms with Crippen molar-refractivity contribution in [2.45, 2.75) is 31.2 Å². The van der Waals surface area contributed by atoms with Gasteiger partial charge in [0.25, 0.3) is 5.91 Å². The van der Waals surface area contributed by atoms with Crippen LogP contribution in [0.4, 0.5) is 0 Å². The summed E-state index contributed by atoms with van der Waals surface area (Å²) in [4.78, 5) is 12.3. The van der Waals surface area contributed by atoms with Crippen LogP contribution in [-0.2, 0) is 0 Å². The molecule has 0 aromatic heterocycles. The molecule has 6 heteroatoms. The van der Waals surface area contributed by atoms with Crippen LogP contribution in [0.2, 0.25) is 0 Å². The molecule has 1 fully saturated rings. The SMILES string of the molecule is COc1ccc(C(=O)NC2(CN)CCCC2)cc1Br.Cl. The van der Waals surface area contributed by atoms with E-state index in [-0.39, 0.29) is 23.9 Å². The monoisotopic (exact) mass is 362 g/mol. The molecular weight excluding hydrogens is 344 g/mol. The summed E-state index contributed by atoms with van der Waals surface area (Å²) in [6.45, 7) is 0.496. The highest BCUT2D eigenvalue weighted by Crippen LogP contribution is 2.30. The maximum absolute atomic E-state index is 12.3. The molecule has 0 spiro atoms. The summed E-state index contributed by atoms with van der Waals surface area (Å²) < 4.78 is 5.93. The van der Waals surface area contributed by atoms with Gasteiger partial charge in [0.15, 0.2) is 0 Å². The van der Waals surface area contributed by atoms with Crippen LogP contribution in [0.3, 0.4) is 0 Å². The van der Waals surface area contributed by atoms with Gasteiger partial charge in [0.2, 0.25) is 0 Å². The Morgan fingerprint density at radius 1 is 1.45 bits per heavy atom. The number of carbonyl (C=O) groups is 1. The number of methoxy groups -OCH3 is 1. The molecule has 3 N–H and O–H groups in total. The fraction of sp³-hybridized carbons (Fsp3) is 0.500. The molecule has 0 aliphatic heterocycles. The van der Waals surface area contributed by atoms with Gasteiger partial charge < -0.3 is 15.8 Å². The van der Waals surface area contributed by atoms with Crippen molar-refractivity contribution in [1.82, 2.24) is 5.32 Å². The van der Waals surface area contributed by atoms with Crippen molar-refractivity contribution in [3.05, 3.63) is 28.2 Å². The molecule has 0 atom stereocenters. The van der Waals surface area contributed by atoms with Gasteiger partial charge in [-0.1, -0.05) is 12.8 Å². The van der Waals surface area contributed by atoms with E-state index < -0.39 is 0 Å². The number of amides is 1. The van der Waals surface area contributed by atoms with Crippen molar-refractivity contribution in [2.75, 3.05) is 13.7 Å². The van der Waals surface area contributed by atoms with Gasteiger partial charge in [0.1, 0.15) is 5.75 Å². The lowest BCUT2D eigenvalue weighted by Gasteiger charge is -2.28. The van der Waals surface area contributed by atoms with Gasteiger partial charge in [-0.05, 0) is 47.0 Å². The number of hydrogen-bond acceptors (Lipinski definition) is 3. The summed E-state index contributed by atoms with van der Waals surface area (Å²) in [7, 11) is 1.60. The summed E-state index contributed by atoms with van der Waals surface area (Å²) in [6, 6.07) is 5.31. The number of carbonyl (C=O) groups excluding carboxylic acids is 1. The molecule has 1 saturated carbocycles. The van der Waals surface area contributed by atoms with E-state index in [9.17, 15) is 4.79 Å². The fourth-order valence-electron chi connectivity index (χ4n) is 2.55. The minimum atomic E-state index is -0.219. The number of rotatable bonds is 4. The predicted molar refractivity (Wildman–Crippen MR) is 85.7 cm³/mol. The zero-order chi connectivity index (χ0) is 13.9. The maximum atomic E-state index is 12.3. The predicted octanol–water partition coefficient (Wildman–Crippen LogP) is 2.88. The summed E-state index contributed by atoms with van der Waals surface area (Å²) in [5.74, 6) is 0.640. The minimum absolute atomic E-state index is 0. The first kappa shape index (κ1) is 17.3. The van der Waals surface area contributed by atoms with E-state index in [4.69, 9.17) is 10.5 Å². The maximum Gasteiger partial charge on any atom is 0.251 e. The molecule has 0 saturated heterocycles. The van der Waals surface area contributed by atoms with E-state index in [1.807, 2.05) is 0 Å². The van der Waals surface area contributed by atoms with Crippen LogP contribution in [0.15, 0.2) is 22.7 Å². The van der Waals surface area contributed by atoms with E-state index in [0.717, 1.165) is 30.2 Å². The Morgan fingerprint density at radius 2 is 2.10 bits per heavy atom. The van der Waals surface area contributed by atoms with Crippen molar-refractivity contribution in [3.8, 4) is 5.75 Å². The molecule has 1 aliphatic carbocycles. The quantitative estimate of drug-likeness (QED) is 0.864. The van der Waals surface area contributed by atoms with Crippen molar-refractivity contribution in [3.63, 3.8) is 0 Å². The zero-order valence-corrected chi connectivity index (χ0v) is 13.9. The summed E-state index contributed by atoms with van der Waals surface area (Å²) >= 11 is 3.39. The Hall–Kier alpha value is -0.780. The molecule has 1 aliphatic rings. The van der Waals surface area contributed by atoms with E-state index in [0.29, 0.717) is 17.9 Å². The molecule has 1 aromatic rings. The number of nitrogens with two attached hydrogens (primary N) is 1. The molecule has 2 rings (SSSR count). The molecule has 0 unspecified atom stereocenters. The molecule has 0 bridgehead atoms. The lowest BCUT2D eigenvalue weighted by molar-refractivity contribution is 0.0903. The third kappa shape index (κ3) is 3.65. The van der Waals surface area contributed by atoms with E-state index in [1.54, 1.807) is 25.3 Å². The highest BCUT2D eigenvalue weighted by atomic mass is 79.9. The van der Waals surface area contributed by atoms with Crippen molar-refractivity contribution >= 4 is 34.2 Å². The average molecular weight is 364 g/mol. The van der Waals surface area contributed by atoms with Crippen LogP contribution in [0.5, 0.6) is 5.75 Å². The Kier molecular flexibility index (Phi) is 6.30. The van der Waals surface area contributed by atoms with Crippen LogP contribution in [0.25, 0.3) is 0 Å². The molecular formula is C14H20BrClN2O2. The molecule has 20 heavy (non-hydrogen) atoms. The highest BCUT2D eigenvalue weighted by molar-refractivity contribution is 9.10. The van der Waals surface area contributed by atoms with Crippen LogP contribution < -0.4 is 15.8 Å². The third-order valence-corrected chi connectivity index (χ3v) is 4.36. The van der Waals surface area contributed by atoms with Gasteiger partial charge in [-0.15, -0.1) is 12.4 Å². The second-order valence-electron chi connectivity index (χ2n) is 5.00. The Balaban J connectivity index is 0.00000200.